The van der Waals surface area contributed by atoms with Crippen molar-refractivity contribution >= 4 is 28.0 Å². The molecule has 140 valence electrons. The summed E-state index contributed by atoms with van der Waals surface area (Å²) in [5.74, 6) is 0.891. The molecule has 1 aromatic heterocycles. The lowest BCUT2D eigenvalue weighted by atomic mass is 9.87. The summed E-state index contributed by atoms with van der Waals surface area (Å²) < 4.78 is 12.6. The monoisotopic (exact) mass is 391 g/mol. The van der Waals surface area contributed by atoms with E-state index in [9.17, 15) is 9.00 Å². The Hall–Kier alpha value is -1.60. The lowest BCUT2D eigenvalue weighted by Crippen LogP contribution is -2.43. The van der Waals surface area contributed by atoms with Crippen LogP contribution in [0.1, 0.15) is 44.5 Å². The molecule has 1 aliphatic carbocycles. The van der Waals surface area contributed by atoms with E-state index in [1.165, 1.54) is 11.3 Å². The van der Waals surface area contributed by atoms with E-state index in [1.807, 2.05) is 30.3 Å². The van der Waals surface area contributed by atoms with Crippen LogP contribution in [0, 0.1) is 5.92 Å². The first-order valence-electron chi connectivity index (χ1n) is 9.08. The van der Waals surface area contributed by atoms with Crippen LogP contribution in [-0.4, -0.2) is 31.6 Å². The lowest BCUT2D eigenvalue weighted by molar-refractivity contribution is -0.121. The summed E-state index contributed by atoms with van der Waals surface area (Å²) in [5.41, 5.74) is 0.999. The zero-order valence-corrected chi connectivity index (χ0v) is 16.8. The van der Waals surface area contributed by atoms with E-state index in [-0.39, 0.29) is 17.7 Å². The zero-order valence-electron chi connectivity index (χ0n) is 15.2. The van der Waals surface area contributed by atoms with Crippen molar-refractivity contribution in [3.8, 4) is 10.6 Å². The predicted octanol–water partition coefficient (Wildman–Crippen LogP) is 3.54. The number of benzene rings is 1. The molecule has 2 atom stereocenters. The van der Waals surface area contributed by atoms with Gasteiger partial charge in [0.25, 0.3) is 0 Å². The number of carbonyl (C=O) groups is 1. The first-order valence-corrected chi connectivity index (χ1v) is 11.3. The minimum Gasteiger partial charge on any atom is -0.352 e. The van der Waals surface area contributed by atoms with Gasteiger partial charge in [-0.15, -0.1) is 10.2 Å². The first kappa shape index (κ1) is 19.2. The van der Waals surface area contributed by atoms with Crippen molar-refractivity contribution in [2.45, 2.75) is 56.6 Å². The molecule has 5 nitrogen and oxygen atoms in total. The van der Waals surface area contributed by atoms with Crippen molar-refractivity contribution in [2.75, 3.05) is 0 Å². The van der Waals surface area contributed by atoms with Crippen LogP contribution in [-0.2, 0) is 21.3 Å². The summed E-state index contributed by atoms with van der Waals surface area (Å²) in [5, 5.41) is 12.4. The highest BCUT2D eigenvalue weighted by Crippen LogP contribution is 2.25. The van der Waals surface area contributed by atoms with Crippen LogP contribution in [0.25, 0.3) is 10.6 Å². The van der Waals surface area contributed by atoms with Crippen LogP contribution in [0.3, 0.4) is 0 Å². The van der Waals surface area contributed by atoms with Gasteiger partial charge in [0.1, 0.15) is 15.3 Å². The maximum Gasteiger partial charge on any atom is 0.235 e. The van der Waals surface area contributed by atoms with Gasteiger partial charge in [-0.25, -0.2) is 0 Å². The molecular formula is C19H25N3O2S2. The van der Waals surface area contributed by atoms with E-state index in [0.29, 0.717) is 5.01 Å². The molecule has 1 saturated carbocycles. The van der Waals surface area contributed by atoms with E-state index in [0.717, 1.165) is 42.2 Å². The van der Waals surface area contributed by atoms with Crippen LogP contribution in [0.5, 0.6) is 0 Å². The molecule has 0 radical (unpaired) electrons. The standard InChI is InChI=1S/C19H25N3O2S2/c1-13-8-10-16(11-9-13)20-18(23)14(2)26(24)12-17-21-22-19(25-17)15-6-4-3-5-7-15/h3-7,13-14,16H,8-12H2,1-2H3,(H,20,23)/t13?,14-,16?,26-/m0/s1. The van der Waals surface area contributed by atoms with Crippen LogP contribution in [0.15, 0.2) is 30.3 Å². The fourth-order valence-electron chi connectivity index (χ4n) is 3.10. The molecule has 0 unspecified atom stereocenters. The predicted molar refractivity (Wildman–Crippen MR) is 106 cm³/mol. The molecule has 0 aliphatic heterocycles. The van der Waals surface area contributed by atoms with E-state index in [2.05, 4.69) is 22.4 Å². The number of hydrogen-bond donors (Lipinski definition) is 1. The van der Waals surface area contributed by atoms with Gasteiger partial charge in [0.05, 0.1) is 5.75 Å². The SMILES string of the molecule is CC1CCC(NC(=O)[C@H](C)[S@@](=O)Cc2nnc(-c3ccccc3)s2)CC1. The minimum absolute atomic E-state index is 0.115. The summed E-state index contributed by atoms with van der Waals surface area (Å²) in [6.45, 7) is 3.98. The Morgan fingerprint density at radius 2 is 1.92 bits per heavy atom. The quantitative estimate of drug-likeness (QED) is 0.817. The molecule has 0 bridgehead atoms. The molecule has 1 aliphatic rings. The van der Waals surface area contributed by atoms with Gasteiger partial charge in [-0.1, -0.05) is 48.6 Å². The fourth-order valence-corrected chi connectivity index (χ4v) is 5.18. The Morgan fingerprint density at radius 1 is 1.23 bits per heavy atom. The van der Waals surface area contributed by atoms with Gasteiger partial charge in [-0.2, -0.15) is 0 Å². The molecular weight excluding hydrogens is 366 g/mol. The summed E-state index contributed by atoms with van der Waals surface area (Å²) in [4.78, 5) is 12.4. The van der Waals surface area contributed by atoms with Gasteiger partial charge >= 0.3 is 0 Å². The van der Waals surface area contributed by atoms with Gasteiger partial charge in [0.15, 0.2) is 0 Å². The lowest BCUT2D eigenvalue weighted by Gasteiger charge is -2.27. The average molecular weight is 392 g/mol. The molecule has 1 amide bonds. The number of nitrogens with zero attached hydrogens (tertiary/aromatic N) is 2. The van der Waals surface area contributed by atoms with Crippen molar-refractivity contribution < 1.29 is 9.00 Å². The Bertz CT molecular complexity index is 755. The van der Waals surface area contributed by atoms with Crippen LogP contribution in [0.2, 0.25) is 0 Å². The summed E-state index contributed by atoms with van der Waals surface area (Å²) in [7, 11) is -1.30. The second kappa shape index (κ2) is 8.86. The molecule has 0 spiro atoms. The van der Waals surface area contributed by atoms with Gasteiger partial charge < -0.3 is 5.32 Å². The van der Waals surface area contributed by atoms with E-state index < -0.39 is 16.0 Å². The van der Waals surface area contributed by atoms with Gasteiger partial charge in [0.2, 0.25) is 5.91 Å². The Morgan fingerprint density at radius 3 is 2.62 bits per heavy atom. The third-order valence-corrected chi connectivity index (χ3v) is 7.59. The van der Waals surface area contributed by atoms with Crippen LogP contribution >= 0.6 is 11.3 Å². The maximum atomic E-state index is 12.6. The molecule has 26 heavy (non-hydrogen) atoms. The van der Waals surface area contributed by atoms with Crippen molar-refractivity contribution in [1.29, 1.82) is 0 Å². The fraction of sp³-hybridized carbons (Fsp3) is 0.526. The van der Waals surface area contributed by atoms with E-state index in [4.69, 9.17) is 0 Å². The number of rotatable bonds is 6. The number of hydrogen-bond acceptors (Lipinski definition) is 5. The Labute approximate surface area is 161 Å². The molecule has 1 fully saturated rings. The third-order valence-electron chi connectivity index (χ3n) is 4.88. The number of carbonyl (C=O) groups excluding carboxylic acids is 1. The maximum absolute atomic E-state index is 12.6. The third kappa shape index (κ3) is 4.98. The second-order valence-electron chi connectivity index (χ2n) is 7.00. The molecule has 0 saturated heterocycles. The average Bonchev–Trinajstić information content (AvgIpc) is 3.12. The van der Waals surface area contributed by atoms with E-state index in [1.54, 1.807) is 6.92 Å². The normalized spacial score (nSPS) is 22.5. The smallest absolute Gasteiger partial charge is 0.235 e. The summed E-state index contributed by atoms with van der Waals surface area (Å²) in [6.07, 6.45) is 4.33. The van der Waals surface area contributed by atoms with Crippen molar-refractivity contribution in [3.05, 3.63) is 35.3 Å². The van der Waals surface area contributed by atoms with Gasteiger partial charge in [-0.05, 0) is 38.5 Å². The largest absolute Gasteiger partial charge is 0.352 e. The van der Waals surface area contributed by atoms with Gasteiger partial charge in [0, 0.05) is 22.4 Å². The zero-order chi connectivity index (χ0) is 18.5. The topological polar surface area (TPSA) is 72.0 Å². The summed E-state index contributed by atoms with van der Waals surface area (Å²) >= 11 is 1.43. The van der Waals surface area contributed by atoms with Crippen molar-refractivity contribution in [2.24, 2.45) is 5.92 Å². The summed E-state index contributed by atoms with van der Waals surface area (Å²) in [6, 6.07) is 10.0. The highest BCUT2D eigenvalue weighted by molar-refractivity contribution is 7.85. The van der Waals surface area contributed by atoms with Gasteiger partial charge in [-0.3, -0.25) is 9.00 Å². The second-order valence-corrected chi connectivity index (χ2v) is 9.82. The van der Waals surface area contributed by atoms with Crippen molar-refractivity contribution in [3.63, 3.8) is 0 Å². The first-order chi connectivity index (χ1) is 12.5. The number of aromatic nitrogens is 2. The van der Waals surface area contributed by atoms with Crippen molar-refractivity contribution in [1.82, 2.24) is 15.5 Å². The van der Waals surface area contributed by atoms with E-state index >= 15 is 0 Å². The highest BCUT2D eigenvalue weighted by Gasteiger charge is 2.26. The Balaban J connectivity index is 1.54. The highest BCUT2D eigenvalue weighted by atomic mass is 32.2. The number of amides is 1. The minimum atomic E-state index is -1.30. The molecule has 1 aromatic carbocycles. The number of nitrogens with one attached hydrogen (secondary N) is 1. The molecule has 2 aromatic rings. The van der Waals surface area contributed by atoms with Crippen LogP contribution < -0.4 is 5.32 Å². The molecule has 1 heterocycles. The Kier molecular flexibility index (Phi) is 6.53. The molecule has 1 N–H and O–H groups in total. The van der Waals surface area contributed by atoms with Crippen LogP contribution in [0.4, 0.5) is 0 Å². The molecule has 7 heteroatoms. The molecule has 3 rings (SSSR count).